The maximum absolute atomic E-state index is 2.63. The van der Waals surface area contributed by atoms with E-state index in [0.29, 0.717) is 6.04 Å². The number of benzene rings is 1. The van der Waals surface area contributed by atoms with Gasteiger partial charge in [-0.2, -0.15) is 0 Å². The van der Waals surface area contributed by atoms with E-state index in [0.717, 1.165) is 6.42 Å². The van der Waals surface area contributed by atoms with Crippen LogP contribution >= 0.6 is 0 Å². The van der Waals surface area contributed by atoms with Gasteiger partial charge in [-0.15, -0.1) is 0 Å². The van der Waals surface area contributed by atoms with Crippen molar-refractivity contribution < 1.29 is 0 Å². The Balaban J connectivity index is 0.00000102. The molecule has 1 atom stereocenters. The zero-order valence-electron chi connectivity index (χ0n) is 16.0. The lowest BCUT2D eigenvalue weighted by Crippen LogP contribution is -2.46. The molecule has 2 heteroatoms. The van der Waals surface area contributed by atoms with Crippen LogP contribution in [0.15, 0.2) is 24.3 Å². The van der Waals surface area contributed by atoms with Crippen LogP contribution in [0, 0.1) is 0 Å². The Bertz CT molecular complexity index is 368. The molecule has 0 aliphatic carbocycles. The second kappa shape index (κ2) is 12.7. The van der Waals surface area contributed by atoms with E-state index < -0.39 is 0 Å². The van der Waals surface area contributed by atoms with Crippen molar-refractivity contribution in [2.75, 3.05) is 32.7 Å². The topological polar surface area (TPSA) is 6.48 Å². The van der Waals surface area contributed by atoms with Gasteiger partial charge in [0.2, 0.25) is 0 Å². The average Bonchev–Trinajstić information content (AvgIpc) is 2.64. The van der Waals surface area contributed by atoms with Gasteiger partial charge in [0.25, 0.3) is 0 Å². The second-order valence-corrected chi connectivity index (χ2v) is 5.20. The number of nitrogens with zero attached hydrogens (tertiary/aromatic N) is 2. The van der Waals surface area contributed by atoms with Crippen LogP contribution in [0.2, 0.25) is 0 Å². The number of aryl methyl sites for hydroxylation is 1. The van der Waals surface area contributed by atoms with E-state index in [4.69, 9.17) is 0 Å². The Morgan fingerprint density at radius 1 is 0.909 bits per heavy atom. The molecule has 0 aromatic heterocycles. The number of hydrogen-bond donors (Lipinski definition) is 0. The molecule has 0 radical (unpaired) electrons. The Hall–Kier alpha value is -0.860. The van der Waals surface area contributed by atoms with Crippen LogP contribution < -0.4 is 0 Å². The number of likely N-dealkylation sites (N-methyl/N-ethyl adjacent to an activating group) is 1. The van der Waals surface area contributed by atoms with Crippen LogP contribution in [0.4, 0.5) is 0 Å². The minimum atomic E-state index is 0.556. The predicted molar refractivity (Wildman–Crippen MR) is 101 cm³/mol. The van der Waals surface area contributed by atoms with E-state index in [1.165, 1.54) is 43.9 Å². The van der Waals surface area contributed by atoms with Crippen molar-refractivity contribution in [1.82, 2.24) is 9.80 Å². The van der Waals surface area contributed by atoms with Crippen LogP contribution in [-0.2, 0) is 6.42 Å². The fraction of sp³-hybridized carbons (Fsp3) is 0.700. The van der Waals surface area contributed by atoms with Crippen LogP contribution in [0.25, 0.3) is 0 Å². The van der Waals surface area contributed by atoms with Crippen molar-refractivity contribution in [3.05, 3.63) is 35.4 Å². The summed E-state index contributed by atoms with van der Waals surface area (Å²) in [5, 5.41) is 0. The molecular weight excluding hydrogens is 268 g/mol. The van der Waals surface area contributed by atoms with Crippen molar-refractivity contribution in [2.24, 2.45) is 0 Å². The molecule has 128 valence electrons. The highest BCUT2D eigenvalue weighted by Crippen LogP contribution is 2.25. The third kappa shape index (κ3) is 6.10. The Kier molecular flexibility index (Phi) is 12.2. The summed E-state index contributed by atoms with van der Waals surface area (Å²) in [7, 11) is 0. The van der Waals surface area contributed by atoms with Crippen molar-refractivity contribution in [1.29, 1.82) is 0 Å². The minimum Gasteiger partial charge on any atom is -0.301 e. The molecule has 1 heterocycles. The van der Waals surface area contributed by atoms with Crippen LogP contribution in [0.1, 0.15) is 65.6 Å². The second-order valence-electron chi connectivity index (χ2n) is 5.20. The molecule has 1 aromatic rings. The summed E-state index contributed by atoms with van der Waals surface area (Å²) < 4.78 is 0. The van der Waals surface area contributed by atoms with Gasteiger partial charge < -0.3 is 4.90 Å². The fourth-order valence-electron chi connectivity index (χ4n) is 2.93. The number of rotatable bonds is 4. The minimum absolute atomic E-state index is 0.556. The third-order valence-electron chi connectivity index (χ3n) is 4.29. The third-order valence-corrected chi connectivity index (χ3v) is 4.29. The lowest BCUT2D eigenvalue weighted by molar-refractivity contribution is 0.106. The lowest BCUT2D eigenvalue weighted by Gasteiger charge is -2.38. The molecule has 0 N–H and O–H groups in total. The highest BCUT2D eigenvalue weighted by atomic mass is 15.3. The zero-order chi connectivity index (χ0) is 17.0. The Labute approximate surface area is 139 Å². The average molecular weight is 307 g/mol. The molecule has 1 saturated heterocycles. The van der Waals surface area contributed by atoms with E-state index in [-0.39, 0.29) is 0 Å². The molecule has 0 bridgehead atoms. The van der Waals surface area contributed by atoms with Gasteiger partial charge >= 0.3 is 0 Å². The van der Waals surface area contributed by atoms with Crippen molar-refractivity contribution in [2.45, 2.75) is 60.9 Å². The summed E-state index contributed by atoms with van der Waals surface area (Å²) in [6, 6.07) is 9.46. The molecule has 0 saturated carbocycles. The SMILES string of the molecule is CC.CC.CCc1ccccc1C(C)N1CCN(CC)CC1. The monoisotopic (exact) mass is 306 g/mol. The summed E-state index contributed by atoms with van der Waals surface area (Å²) in [5.74, 6) is 0. The van der Waals surface area contributed by atoms with E-state index >= 15 is 0 Å². The smallest absolute Gasteiger partial charge is 0.0323 e. The molecular formula is C20H38N2. The maximum atomic E-state index is 2.63. The van der Waals surface area contributed by atoms with E-state index in [1.54, 1.807) is 0 Å². The van der Waals surface area contributed by atoms with Crippen LogP contribution in [0.5, 0.6) is 0 Å². The van der Waals surface area contributed by atoms with Crippen LogP contribution in [0.3, 0.4) is 0 Å². The largest absolute Gasteiger partial charge is 0.301 e. The molecule has 22 heavy (non-hydrogen) atoms. The molecule has 1 aliphatic heterocycles. The van der Waals surface area contributed by atoms with E-state index in [1.807, 2.05) is 27.7 Å². The van der Waals surface area contributed by atoms with Gasteiger partial charge in [-0.25, -0.2) is 0 Å². The van der Waals surface area contributed by atoms with Gasteiger partial charge in [0, 0.05) is 32.2 Å². The quantitative estimate of drug-likeness (QED) is 0.772. The van der Waals surface area contributed by atoms with E-state index in [9.17, 15) is 0 Å². The van der Waals surface area contributed by atoms with Crippen molar-refractivity contribution in [3.8, 4) is 0 Å². The molecule has 2 rings (SSSR count). The summed E-state index contributed by atoms with van der Waals surface area (Å²) >= 11 is 0. The first-order valence-corrected chi connectivity index (χ1v) is 9.30. The highest BCUT2D eigenvalue weighted by molar-refractivity contribution is 5.29. The molecule has 1 aliphatic rings. The summed E-state index contributed by atoms with van der Waals surface area (Å²) in [4.78, 5) is 5.16. The summed E-state index contributed by atoms with van der Waals surface area (Å²) in [6.07, 6.45) is 1.13. The summed E-state index contributed by atoms with van der Waals surface area (Å²) in [6.45, 7) is 20.9. The predicted octanol–water partition coefficient (Wildman–Crippen LogP) is 5.00. The van der Waals surface area contributed by atoms with Crippen LogP contribution in [-0.4, -0.2) is 42.5 Å². The standard InChI is InChI=1S/C16H26N2.2C2H6/c1-4-15-8-6-7-9-16(15)14(3)18-12-10-17(5-2)11-13-18;2*1-2/h6-9,14H,4-5,10-13H2,1-3H3;2*1-2H3. The van der Waals surface area contributed by atoms with Gasteiger partial charge in [0.1, 0.15) is 0 Å². The van der Waals surface area contributed by atoms with Gasteiger partial charge in [0.05, 0.1) is 0 Å². The lowest BCUT2D eigenvalue weighted by atomic mass is 9.98. The van der Waals surface area contributed by atoms with Gasteiger partial charge in [-0.3, -0.25) is 4.90 Å². The zero-order valence-corrected chi connectivity index (χ0v) is 16.0. The first-order valence-electron chi connectivity index (χ1n) is 9.30. The normalized spacial score (nSPS) is 16.9. The number of piperazine rings is 1. The molecule has 1 unspecified atom stereocenters. The Morgan fingerprint density at radius 2 is 1.45 bits per heavy atom. The first kappa shape index (κ1) is 21.1. The first-order chi connectivity index (χ1) is 10.8. The van der Waals surface area contributed by atoms with Gasteiger partial charge in [-0.05, 0) is 31.0 Å². The Morgan fingerprint density at radius 3 is 1.95 bits per heavy atom. The van der Waals surface area contributed by atoms with Crippen molar-refractivity contribution in [3.63, 3.8) is 0 Å². The highest BCUT2D eigenvalue weighted by Gasteiger charge is 2.22. The number of hydrogen-bond acceptors (Lipinski definition) is 2. The molecule has 1 aromatic carbocycles. The molecule has 2 nitrogen and oxygen atoms in total. The maximum Gasteiger partial charge on any atom is 0.0323 e. The molecule has 1 fully saturated rings. The molecule has 0 spiro atoms. The van der Waals surface area contributed by atoms with E-state index in [2.05, 4.69) is 54.8 Å². The van der Waals surface area contributed by atoms with Gasteiger partial charge in [-0.1, -0.05) is 65.8 Å². The van der Waals surface area contributed by atoms with Crippen molar-refractivity contribution >= 4 is 0 Å². The molecule has 0 amide bonds. The fourth-order valence-corrected chi connectivity index (χ4v) is 2.93. The van der Waals surface area contributed by atoms with Gasteiger partial charge in [0.15, 0.2) is 0 Å². The summed E-state index contributed by atoms with van der Waals surface area (Å²) in [5.41, 5.74) is 3.02.